The third-order valence-corrected chi connectivity index (χ3v) is 6.77. The van der Waals surface area contributed by atoms with Gasteiger partial charge in [-0.1, -0.05) is 42.1 Å². The van der Waals surface area contributed by atoms with Crippen molar-refractivity contribution in [1.29, 1.82) is 0 Å². The van der Waals surface area contributed by atoms with Crippen molar-refractivity contribution < 1.29 is 4.74 Å². The average molecular weight is 499 g/mol. The second kappa shape index (κ2) is 9.71. The molecule has 0 bridgehead atoms. The normalized spacial score (nSPS) is 11.1. The van der Waals surface area contributed by atoms with E-state index in [9.17, 15) is 14.4 Å². The molecule has 5 rings (SSSR count). The molecule has 0 aliphatic carbocycles. The molecule has 3 aromatic carbocycles. The first-order valence-corrected chi connectivity index (χ1v) is 12.1. The minimum Gasteiger partial charge on any atom is -0.457 e. The molecule has 0 saturated heterocycles. The molecule has 0 fully saturated rings. The van der Waals surface area contributed by atoms with Crippen molar-refractivity contribution >= 4 is 22.7 Å². The summed E-state index contributed by atoms with van der Waals surface area (Å²) in [5.41, 5.74) is 0.732. The van der Waals surface area contributed by atoms with E-state index in [0.29, 0.717) is 38.9 Å². The topological polar surface area (TPSA) is 88.1 Å². The molecule has 0 aliphatic heterocycles. The van der Waals surface area contributed by atoms with Crippen molar-refractivity contribution in [1.82, 2.24) is 18.7 Å². The molecule has 0 amide bonds. The number of fused-ring (bicyclic) bond motifs is 1. The lowest BCUT2D eigenvalue weighted by Gasteiger charge is -2.15. The van der Waals surface area contributed by atoms with Crippen molar-refractivity contribution in [3.63, 3.8) is 0 Å². The van der Waals surface area contributed by atoms with Crippen LogP contribution in [0.5, 0.6) is 11.5 Å². The van der Waals surface area contributed by atoms with Gasteiger partial charge in [0.2, 0.25) is 0 Å². The Balaban J connectivity index is 1.55. The number of hydrogen-bond acceptors (Lipinski definition) is 6. The quantitative estimate of drug-likeness (QED) is 0.261. The third-order valence-electron chi connectivity index (χ3n) is 5.79. The van der Waals surface area contributed by atoms with Gasteiger partial charge in [0.05, 0.1) is 16.6 Å². The Morgan fingerprint density at radius 3 is 2.22 bits per heavy atom. The second-order valence-corrected chi connectivity index (χ2v) is 9.07. The molecule has 36 heavy (non-hydrogen) atoms. The second-order valence-electron chi connectivity index (χ2n) is 8.12. The van der Waals surface area contributed by atoms with Crippen LogP contribution in [0.1, 0.15) is 5.69 Å². The Labute approximate surface area is 210 Å². The maximum atomic E-state index is 13.5. The van der Waals surface area contributed by atoms with Gasteiger partial charge in [-0.25, -0.2) is 9.78 Å². The van der Waals surface area contributed by atoms with Crippen LogP contribution < -0.4 is 21.5 Å². The molecule has 0 atom stereocenters. The smallest absolute Gasteiger partial charge is 0.330 e. The molecule has 0 unspecified atom stereocenters. The summed E-state index contributed by atoms with van der Waals surface area (Å²) in [5, 5.41) is 0.941. The fourth-order valence-electron chi connectivity index (χ4n) is 3.78. The highest BCUT2D eigenvalue weighted by molar-refractivity contribution is 7.98. The third kappa shape index (κ3) is 4.48. The number of aromatic nitrogens is 4. The van der Waals surface area contributed by atoms with Crippen LogP contribution >= 0.6 is 11.8 Å². The Hall–Kier alpha value is -4.37. The van der Waals surface area contributed by atoms with E-state index >= 15 is 0 Å². The van der Waals surface area contributed by atoms with Crippen LogP contribution in [0.15, 0.2) is 104 Å². The number of rotatable bonds is 6. The van der Waals surface area contributed by atoms with Gasteiger partial charge < -0.3 is 4.74 Å². The summed E-state index contributed by atoms with van der Waals surface area (Å²) in [6.45, 7) is 0. The molecule has 0 spiro atoms. The lowest BCUT2D eigenvalue weighted by atomic mass is 10.2. The van der Waals surface area contributed by atoms with Crippen molar-refractivity contribution in [3.8, 4) is 17.2 Å². The monoisotopic (exact) mass is 498 g/mol. The van der Waals surface area contributed by atoms with Gasteiger partial charge in [-0.2, -0.15) is 0 Å². The minimum absolute atomic E-state index is 0.210. The molecule has 5 aromatic rings. The van der Waals surface area contributed by atoms with Crippen LogP contribution in [-0.4, -0.2) is 18.7 Å². The zero-order valence-electron chi connectivity index (χ0n) is 19.6. The number of nitrogens with zero attached hydrogens (tertiary/aromatic N) is 4. The van der Waals surface area contributed by atoms with E-state index in [2.05, 4.69) is 0 Å². The first-order valence-electron chi connectivity index (χ1n) is 11.2. The van der Waals surface area contributed by atoms with Gasteiger partial charge in [0, 0.05) is 31.6 Å². The molecule has 0 aliphatic rings. The van der Waals surface area contributed by atoms with Crippen LogP contribution in [0.4, 0.5) is 0 Å². The molecule has 0 saturated carbocycles. The summed E-state index contributed by atoms with van der Waals surface area (Å²) in [7, 11) is 3.05. The fourth-order valence-corrected chi connectivity index (χ4v) is 4.81. The Morgan fingerprint density at radius 2 is 1.47 bits per heavy atom. The highest BCUT2D eigenvalue weighted by Gasteiger charge is 2.15. The SMILES string of the molecule is Cn1c(CSc2nc3ccccc3c(=O)n2-c2ccc(Oc3ccccc3)cc2)cc(=O)n(C)c1=O. The maximum absolute atomic E-state index is 13.5. The maximum Gasteiger partial charge on any atom is 0.330 e. The van der Waals surface area contributed by atoms with Gasteiger partial charge in [-0.3, -0.25) is 23.3 Å². The lowest BCUT2D eigenvalue weighted by molar-refractivity contribution is 0.482. The lowest BCUT2D eigenvalue weighted by Crippen LogP contribution is -2.37. The van der Waals surface area contributed by atoms with Crippen LogP contribution in [0.25, 0.3) is 16.6 Å². The highest BCUT2D eigenvalue weighted by Crippen LogP contribution is 2.26. The van der Waals surface area contributed by atoms with Crippen LogP contribution in [0, 0.1) is 0 Å². The number of thioether (sulfide) groups is 1. The zero-order chi connectivity index (χ0) is 25.2. The molecule has 0 radical (unpaired) electrons. The van der Waals surface area contributed by atoms with E-state index < -0.39 is 5.69 Å². The van der Waals surface area contributed by atoms with E-state index in [1.807, 2.05) is 36.4 Å². The van der Waals surface area contributed by atoms with Gasteiger partial charge in [0.1, 0.15) is 11.5 Å². The summed E-state index contributed by atoms with van der Waals surface area (Å²) in [5.74, 6) is 1.63. The predicted molar refractivity (Wildman–Crippen MR) is 140 cm³/mol. The van der Waals surface area contributed by atoms with Gasteiger partial charge in [-0.05, 0) is 48.5 Å². The predicted octanol–water partition coefficient (Wildman–Crippen LogP) is 3.87. The first-order chi connectivity index (χ1) is 17.4. The van der Waals surface area contributed by atoms with E-state index in [0.717, 1.165) is 4.57 Å². The van der Waals surface area contributed by atoms with Crippen molar-refractivity contribution in [2.45, 2.75) is 10.9 Å². The largest absolute Gasteiger partial charge is 0.457 e. The molecule has 2 aromatic heterocycles. The summed E-state index contributed by atoms with van der Waals surface area (Å²) in [6.07, 6.45) is 0. The molecule has 0 N–H and O–H groups in total. The fraction of sp³-hybridized carbons (Fsp3) is 0.111. The summed E-state index contributed by atoms with van der Waals surface area (Å²) in [4.78, 5) is 42.8. The molecule has 8 nitrogen and oxygen atoms in total. The summed E-state index contributed by atoms with van der Waals surface area (Å²) < 4.78 is 9.90. The van der Waals surface area contributed by atoms with Crippen molar-refractivity contribution in [3.05, 3.63) is 122 Å². The van der Waals surface area contributed by atoms with Gasteiger partial charge in [0.25, 0.3) is 11.1 Å². The van der Waals surface area contributed by atoms with Crippen LogP contribution in [-0.2, 0) is 19.8 Å². The highest BCUT2D eigenvalue weighted by atomic mass is 32.2. The van der Waals surface area contributed by atoms with Crippen LogP contribution in [0.2, 0.25) is 0 Å². The van der Waals surface area contributed by atoms with Gasteiger partial charge >= 0.3 is 5.69 Å². The van der Waals surface area contributed by atoms with E-state index in [4.69, 9.17) is 9.72 Å². The number of benzene rings is 3. The molecule has 180 valence electrons. The minimum atomic E-state index is -0.407. The van der Waals surface area contributed by atoms with Gasteiger partial charge in [0.15, 0.2) is 5.16 Å². The molecule has 9 heteroatoms. The molecular formula is C27H22N4O4S. The van der Waals surface area contributed by atoms with E-state index in [1.54, 1.807) is 54.1 Å². The Bertz CT molecular complexity index is 1740. The summed E-state index contributed by atoms with van der Waals surface area (Å²) >= 11 is 1.28. The molecular weight excluding hydrogens is 476 g/mol. The average Bonchev–Trinajstić information content (AvgIpc) is 2.90. The molecule has 2 heterocycles. The van der Waals surface area contributed by atoms with Crippen molar-refractivity contribution in [2.75, 3.05) is 0 Å². The number of hydrogen-bond donors (Lipinski definition) is 0. The van der Waals surface area contributed by atoms with Crippen molar-refractivity contribution in [2.24, 2.45) is 14.1 Å². The Morgan fingerprint density at radius 1 is 0.806 bits per heavy atom. The standard InChI is InChI=1S/C27H22N4O4S/c1-29-19(16-24(32)30(2)27(29)34)17-36-26-28-23-11-7-6-10-22(23)25(33)31(26)18-12-14-21(15-13-18)35-20-8-4-3-5-9-20/h3-16H,17H2,1-2H3. The van der Waals surface area contributed by atoms with Crippen LogP contribution in [0.3, 0.4) is 0 Å². The first kappa shape index (κ1) is 23.4. The zero-order valence-corrected chi connectivity index (χ0v) is 20.4. The Kier molecular flexibility index (Phi) is 6.30. The van der Waals surface area contributed by atoms with E-state index in [-0.39, 0.29) is 16.9 Å². The number of ether oxygens (including phenoxy) is 1. The van der Waals surface area contributed by atoms with Gasteiger partial charge in [-0.15, -0.1) is 0 Å². The summed E-state index contributed by atoms with van der Waals surface area (Å²) in [6, 6.07) is 25.2. The number of para-hydroxylation sites is 2. The van der Waals surface area contributed by atoms with E-state index in [1.165, 1.54) is 29.4 Å².